The van der Waals surface area contributed by atoms with Gasteiger partial charge in [-0.1, -0.05) is 41.4 Å². The molecular weight excluding hydrogens is 446 g/mol. The molecule has 1 amide bonds. The Morgan fingerprint density at radius 1 is 1.00 bits per heavy atom. The van der Waals surface area contributed by atoms with Crippen molar-refractivity contribution in [2.24, 2.45) is 5.10 Å². The van der Waals surface area contributed by atoms with E-state index in [0.29, 0.717) is 10.6 Å². The highest BCUT2D eigenvalue weighted by Gasteiger charge is 2.13. The summed E-state index contributed by atoms with van der Waals surface area (Å²) >= 11 is 11.9. The molecule has 0 aliphatic rings. The quantitative estimate of drug-likeness (QED) is 0.236. The SMILES string of the molecule is O=C(COc1cccc(Cl)c1Cl)NN=Cc1ccc(OC(=O)c2ccccc2F)cc1. The maximum Gasteiger partial charge on any atom is 0.346 e. The standard InChI is InChI=1S/C22H15Cl2FN2O4/c23-17-5-3-7-19(21(17)24)30-13-20(28)27-26-12-14-8-10-15(11-9-14)31-22(29)16-4-1-2-6-18(16)25/h1-12H,13H2,(H,27,28). The second kappa shape index (κ2) is 10.6. The lowest BCUT2D eigenvalue weighted by molar-refractivity contribution is -0.123. The number of carbonyl (C=O) groups excluding carboxylic acids is 2. The highest BCUT2D eigenvalue weighted by Crippen LogP contribution is 2.31. The number of nitrogens with one attached hydrogen (secondary N) is 1. The zero-order chi connectivity index (χ0) is 22.2. The van der Waals surface area contributed by atoms with Gasteiger partial charge in [-0.2, -0.15) is 5.10 Å². The number of benzene rings is 3. The summed E-state index contributed by atoms with van der Waals surface area (Å²) < 4.78 is 24.1. The lowest BCUT2D eigenvalue weighted by Crippen LogP contribution is -2.24. The van der Waals surface area contributed by atoms with Crippen molar-refractivity contribution in [1.29, 1.82) is 0 Å². The third-order valence-electron chi connectivity index (χ3n) is 3.86. The van der Waals surface area contributed by atoms with Crippen LogP contribution in [0.1, 0.15) is 15.9 Å². The van der Waals surface area contributed by atoms with Gasteiger partial charge in [-0.3, -0.25) is 4.79 Å². The molecule has 0 aromatic heterocycles. The fraction of sp³-hybridized carbons (Fsp3) is 0.0455. The average Bonchev–Trinajstić information content (AvgIpc) is 2.76. The van der Waals surface area contributed by atoms with Crippen LogP contribution < -0.4 is 14.9 Å². The Balaban J connectivity index is 1.49. The number of hydrogen-bond donors (Lipinski definition) is 1. The molecule has 0 heterocycles. The van der Waals surface area contributed by atoms with Gasteiger partial charge in [-0.05, 0) is 54.1 Å². The minimum absolute atomic E-state index is 0.155. The van der Waals surface area contributed by atoms with Gasteiger partial charge < -0.3 is 9.47 Å². The number of esters is 1. The molecule has 3 aromatic carbocycles. The van der Waals surface area contributed by atoms with Crippen molar-refractivity contribution in [2.45, 2.75) is 0 Å². The first kappa shape index (κ1) is 22.3. The predicted molar refractivity (Wildman–Crippen MR) is 115 cm³/mol. The molecule has 0 unspecified atom stereocenters. The molecular formula is C22H15Cl2FN2O4. The van der Waals surface area contributed by atoms with Crippen LogP contribution in [-0.2, 0) is 4.79 Å². The van der Waals surface area contributed by atoms with Crippen LogP contribution in [0, 0.1) is 5.82 Å². The number of hydrogen-bond acceptors (Lipinski definition) is 5. The van der Waals surface area contributed by atoms with Gasteiger partial charge in [0.2, 0.25) is 0 Å². The molecule has 0 radical (unpaired) electrons. The maximum absolute atomic E-state index is 13.6. The van der Waals surface area contributed by atoms with Crippen molar-refractivity contribution in [3.05, 3.63) is 93.7 Å². The van der Waals surface area contributed by atoms with Gasteiger partial charge in [0, 0.05) is 0 Å². The Morgan fingerprint density at radius 3 is 2.48 bits per heavy atom. The number of hydrazone groups is 1. The minimum atomic E-state index is -0.799. The van der Waals surface area contributed by atoms with Crippen LogP contribution in [-0.4, -0.2) is 24.7 Å². The first-order chi connectivity index (χ1) is 14.9. The fourth-order valence-corrected chi connectivity index (χ4v) is 2.71. The molecule has 31 heavy (non-hydrogen) atoms. The number of rotatable bonds is 7. The lowest BCUT2D eigenvalue weighted by Gasteiger charge is -2.07. The summed E-state index contributed by atoms with van der Waals surface area (Å²) in [6, 6.07) is 16.7. The van der Waals surface area contributed by atoms with E-state index in [1.807, 2.05) is 0 Å². The molecule has 0 aliphatic carbocycles. The normalized spacial score (nSPS) is 10.7. The number of nitrogens with zero attached hydrogens (tertiary/aromatic N) is 1. The number of halogens is 3. The second-order valence-electron chi connectivity index (χ2n) is 6.07. The van der Waals surface area contributed by atoms with Crippen LogP contribution in [0.15, 0.2) is 71.8 Å². The molecule has 0 saturated heterocycles. The number of carbonyl (C=O) groups is 2. The number of ether oxygens (including phenoxy) is 2. The van der Waals surface area contributed by atoms with E-state index < -0.39 is 17.7 Å². The molecule has 9 heteroatoms. The van der Waals surface area contributed by atoms with Crippen molar-refractivity contribution < 1.29 is 23.5 Å². The summed E-state index contributed by atoms with van der Waals surface area (Å²) in [6.07, 6.45) is 1.40. The largest absolute Gasteiger partial charge is 0.482 e. The van der Waals surface area contributed by atoms with Gasteiger partial charge in [0.25, 0.3) is 5.91 Å². The van der Waals surface area contributed by atoms with Crippen molar-refractivity contribution in [2.75, 3.05) is 6.61 Å². The van der Waals surface area contributed by atoms with E-state index in [9.17, 15) is 14.0 Å². The van der Waals surface area contributed by atoms with Crippen LogP contribution in [0.25, 0.3) is 0 Å². The first-order valence-corrected chi connectivity index (χ1v) is 9.65. The van der Waals surface area contributed by atoms with Gasteiger partial charge in [0.1, 0.15) is 22.3 Å². The smallest absolute Gasteiger partial charge is 0.346 e. The van der Waals surface area contributed by atoms with Gasteiger partial charge in [-0.25, -0.2) is 14.6 Å². The van der Waals surface area contributed by atoms with Crippen LogP contribution in [0.4, 0.5) is 4.39 Å². The molecule has 0 saturated carbocycles. The topological polar surface area (TPSA) is 77.0 Å². The Kier molecular flexibility index (Phi) is 7.59. The molecule has 0 atom stereocenters. The Hall–Kier alpha value is -3.42. The highest BCUT2D eigenvalue weighted by molar-refractivity contribution is 6.42. The number of amides is 1. The summed E-state index contributed by atoms with van der Waals surface area (Å²) in [4.78, 5) is 23.8. The Morgan fingerprint density at radius 2 is 1.74 bits per heavy atom. The molecule has 0 bridgehead atoms. The van der Waals surface area contributed by atoms with E-state index in [1.165, 1.54) is 36.5 Å². The van der Waals surface area contributed by atoms with Crippen LogP contribution in [0.5, 0.6) is 11.5 Å². The zero-order valence-electron chi connectivity index (χ0n) is 15.8. The molecule has 6 nitrogen and oxygen atoms in total. The van der Waals surface area contributed by atoms with E-state index >= 15 is 0 Å². The second-order valence-corrected chi connectivity index (χ2v) is 6.86. The zero-order valence-corrected chi connectivity index (χ0v) is 17.4. The highest BCUT2D eigenvalue weighted by atomic mass is 35.5. The van der Waals surface area contributed by atoms with Crippen LogP contribution >= 0.6 is 23.2 Å². The summed E-state index contributed by atoms with van der Waals surface area (Å²) in [5, 5.41) is 4.36. The molecule has 3 aromatic rings. The third kappa shape index (κ3) is 6.28. The Labute approximate surface area is 187 Å². The Bertz CT molecular complexity index is 1120. The lowest BCUT2D eigenvalue weighted by atomic mass is 10.2. The van der Waals surface area contributed by atoms with Gasteiger partial charge in [0.15, 0.2) is 6.61 Å². The van der Waals surface area contributed by atoms with E-state index in [0.717, 1.165) is 0 Å². The van der Waals surface area contributed by atoms with E-state index in [1.54, 1.807) is 36.4 Å². The van der Waals surface area contributed by atoms with E-state index in [2.05, 4.69) is 10.5 Å². The van der Waals surface area contributed by atoms with Gasteiger partial charge in [-0.15, -0.1) is 0 Å². The van der Waals surface area contributed by atoms with Crippen molar-refractivity contribution in [3.63, 3.8) is 0 Å². The first-order valence-electron chi connectivity index (χ1n) is 8.89. The fourth-order valence-electron chi connectivity index (χ4n) is 2.36. The van der Waals surface area contributed by atoms with Gasteiger partial charge >= 0.3 is 5.97 Å². The van der Waals surface area contributed by atoms with Crippen molar-refractivity contribution in [1.82, 2.24) is 5.43 Å². The van der Waals surface area contributed by atoms with Crippen molar-refractivity contribution in [3.8, 4) is 11.5 Å². The van der Waals surface area contributed by atoms with Crippen LogP contribution in [0.3, 0.4) is 0 Å². The van der Waals surface area contributed by atoms with Crippen molar-refractivity contribution >= 4 is 41.3 Å². The molecule has 0 spiro atoms. The maximum atomic E-state index is 13.6. The van der Waals surface area contributed by atoms with E-state index in [-0.39, 0.29) is 28.7 Å². The molecule has 0 aliphatic heterocycles. The summed E-state index contributed by atoms with van der Waals surface area (Å²) in [5.41, 5.74) is 2.79. The van der Waals surface area contributed by atoms with E-state index in [4.69, 9.17) is 32.7 Å². The van der Waals surface area contributed by atoms with Crippen LogP contribution in [0.2, 0.25) is 10.0 Å². The monoisotopic (exact) mass is 460 g/mol. The summed E-state index contributed by atoms with van der Waals surface area (Å²) in [7, 11) is 0. The molecule has 3 rings (SSSR count). The summed E-state index contributed by atoms with van der Waals surface area (Å²) in [5.74, 6) is -1.43. The molecule has 158 valence electrons. The third-order valence-corrected chi connectivity index (χ3v) is 4.66. The molecule has 1 N–H and O–H groups in total. The minimum Gasteiger partial charge on any atom is -0.482 e. The predicted octanol–water partition coefficient (Wildman–Crippen LogP) is 4.88. The average molecular weight is 461 g/mol. The molecule has 0 fully saturated rings. The van der Waals surface area contributed by atoms with Gasteiger partial charge in [0.05, 0.1) is 16.8 Å². The summed E-state index contributed by atoms with van der Waals surface area (Å²) in [6.45, 7) is -0.303.